The smallest absolute Gasteiger partial charge is 0.397 e. The maximum Gasteiger partial charge on any atom is 0.397 e. The zero-order chi connectivity index (χ0) is 27.9. The van der Waals surface area contributed by atoms with E-state index in [0.717, 1.165) is 50.5 Å². The number of allylic oxidation sites excluding steroid dienone is 2. The molecule has 5 aliphatic carbocycles. The summed E-state index contributed by atoms with van der Waals surface area (Å²) in [5.74, 6) is 0.584. The second kappa shape index (κ2) is 9.13. The third kappa shape index (κ3) is 3.98. The number of fused-ring (bicyclic) bond motifs is 2. The van der Waals surface area contributed by atoms with E-state index in [1.807, 2.05) is 13.8 Å². The lowest BCUT2D eigenvalue weighted by molar-refractivity contribution is -0.169. The van der Waals surface area contributed by atoms with Crippen LogP contribution in [0.2, 0.25) is 0 Å². The Morgan fingerprint density at radius 3 is 2.34 bits per heavy atom. The molecule has 1 N–H and O–H groups in total. The Bertz CT molecular complexity index is 1140. The number of carbonyl (C=O) groups excluding carboxylic acids is 2. The highest BCUT2D eigenvalue weighted by atomic mass is 32.3. The predicted molar refractivity (Wildman–Crippen MR) is 143 cm³/mol. The zero-order valence-corrected chi connectivity index (χ0v) is 24.7. The summed E-state index contributed by atoms with van der Waals surface area (Å²) in [6.45, 7) is 11.2. The van der Waals surface area contributed by atoms with Gasteiger partial charge in [0.25, 0.3) is 0 Å². The normalized spacial score (nSPS) is 46.0. The van der Waals surface area contributed by atoms with Crippen LogP contribution in [0.1, 0.15) is 98.8 Å². The number of carbonyl (C=O) groups is 2. The number of hydrogen-bond acceptors (Lipinski definition) is 6. The molecule has 0 amide bonds. The van der Waals surface area contributed by atoms with E-state index in [-0.39, 0.29) is 33.4 Å². The van der Waals surface area contributed by atoms with Crippen LogP contribution in [0.4, 0.5) is 0 Å². The molecular weight excluding hydrogens is 504 g/mol. The fraction of sp³-hybridized carbons (Fsp3) is 0.867. The highest BCUT2D eigenvalue weighted by Crippen LogP contribution is 2.88. The van der Waals surface area contributed by atoms with Gasteiger partial charge in [0.1, 0.15) is 0 Å². The van der Waals surface area contributed by atoms with Gasteiger partial charge in [-0.05, 0) is 123 Å². The molecule has 38 heavy (non-hydrogen) atoms. The Labute approximate surface area is 228 Å². The molecule has 0 aromatic rings. The van der Waals surface area contributed by atoms with Crippen molar-refractivity contribution in [2.75, 3.05) is 7.11 Å². The summed E-state index contributed by atoms with van der Waals surface area (Å²) in [5, 5.41) is 0. The SMILES string of the molecule is COC(=O)[C@H]1C2CC[C@@H]3[C@]4(CC[C@]5(C)[C@@H]([C@H](C)CC(=O)C=C(C)C)CC[C@@]35C)C[C@]24CC[C@@H]1OS(=O)(=O)O. The molecular formula is C30H46O7S. The van der Waals surface area contributed by atoms with E-state index in [0.29, 0.717) is 30.6 Å². The molecule has 5 saturated carbocycles. The van der Waals surface area contributed by atoms with Crippen LogP contribution in [0.5, 0.6) is 0 Å². The summed E-state index contributed by atoms with van der Waals surface area (Å²) in [7, 11) is -3.32. The largest absolute Gasteiger partial charge is 0.469 e. The lowest BCUT2D eigenvalue weighted by Crippen LogP contribution is -2.57. The van der Waals surface area contributed by atoms with Crippen LogP contribution in [-0.2, 0) is 28.9 Å². The number of ether oxygens (including phenoxy) is 1. The third-order valence-corrected chi connectivity index (χ3v) is 13.2. The van der Waals surface area contributed by atoms with E-state index in [4.69, 9.17) is 8.92 Å². The first-order valence-corrected chi connectivity index (χ1v) is 15.9. The van der Waals surface area contributed by atoms with Crippen molar-refractivity contribution in [2.24, 2.45) is 51.2 Å². The fourth-order valence-electron chi connectivity index (χ4n) is 11.2. The van der Waals surface area contributed by atoms with Gasteiger partial charge in [0.05, 0.1) is 19.1 Å². The zero-order valence-electron chi connectivity index (χ0n) is 23.9. The van der Waals surface area contributed by atoms with Gasteiger partial charge < -0.3 is 4.74 Å². The second-order valence-electron chi connectivity index (χ2n) is 14.2. The Balaban J connectivity index is 1.41. The Kier molecular flexibility index (Phi) is 6.80. The average Bonchev–Trinajstić information content (AvgIpc) is 3.39. The van der Waals surface area contributed by atoms with Crippen LogP contribution in [0.3, 0.4) is 0 Å². The molecule has 7 nitrogen and oxygen atoms in total. The average molecular weight is 551 g/mol. The molecule has 1 unspecified atom stereocenters. The molecule has 8 heteroatoms. The first kappa shape index (κ1) is 28.3. The lowest BCUT2D eigenvalue weighted by Gasteiger charge is -2.62. The molecule has 0 aromatic carbocycles. The van der Waals surface area contributed by atoms with Gasteiger partial charge in [0.15, 0.2) is 5.78 Å². The van der Waals surface area contributed by atoms with Crippen molar-refractivity contribution in [3.05, 3.63) is 11.6 Å². The molecule has 0 radical (unpaired) electrons. The summed E-state index contributed by atoms with van der Waals surface area (Å²) < 4.78 is 42.8. The van der Waals surface area contributed by atoms with Crippen molar-refractivity contribution in [3.63, 3.8) is 0 Å². The van der Waals surface area contributed by atoms with Crippen molar-refractivity contribution >= 4 is 22.2 Å². The lowest BCUT2D eigenvalue weighted by atomic mass is 9.42. The molecule has 5 aliphatic rings. The highest BCUT2D eigenvalue weighted by molar-refractivity contribution is 7.80. The van der Waals surface area contributed by atoms with Gasteiger partial charge in [0, 0.05) is 6.42 Å². The molecule has 0 aliphatic heterocycles. The van der Waals surface area contributed by atoms with Crippen molar-refractivity contribution in [2.45, 2.75) is 105 Å². The minimum absolute atomic E-state index is 0.0115. The molecule has 0 heterocycles. The van der Waals surface area contributed by atoms with Crippen LogP contribution in [-0.4, -0.2) is 37.9 Å². The standard InChI is InChI=1S/C30H46O7S/c1-18(2)15-20(31)16-19(3)21-9-11-28(5)24-8-7-22-25(26(32)36-6)23(37-38(33,34)35)10-12-29(22)17-30(24,29)14-13-27(21,28)4/h15,19,21-25H,7-14,16-17H2,1-6H3,(H,33,34,35)/t19-,21-,22?,23+,24+,25+,27-,28+,29-,30+/m1/s1. The van der Waals surface area contributed by atoms with Crippen LogP contribution in [0.15, 0.2) is 11.6 Å². The molecule has 0 aromatic heterocycles. The van der Waals surface area contributed by atoms with Crippen LogP contribution < -0.4 is 0 Å². The highest BCUT2D eigenvalue weighted by Gasteiger charge is 2.82. The van der Waals surface area contributed by atoms with Crippen molar-refractivity contribution in [3.8, 4) is 0 Å². The van der Waals surface area contributed by atoms with Crippen molar-refractivity contribution in [1.29, 1.82) is 0 Å². The predicted octanol–water partition coefficient (Wildman–Crippen LogP) is 5.94. The summed E-state index contributed by atoms with van der Waals surface area (Å²) in [6.07, 6.45) is 10.3. The molecule has 0 bridgehead atoms. The number of rotatable bonds is 7. The number of hydrogen-bond donors (Lipinski definition) is 1. The monoisotopic (exact) mass is 550 g/mol. The molecule has 10 atom stereocenters. The first-order chi connectivity index (χ1) is 17.6. The van der Waals surface area contributed by atoms with Gasteiger partial charge in [-0.25, -0.2) is 4.18 Å². The fourth-order valence-corrected chi connectivity index (χ4v) is 11.7. The number of methoxy groups -OCH3 is 1. The Morgan fingerprint density at radius 2 is 1.71 bits per heavy atom. The van der Waals surface area contributed by atoms with Crippen LogP contribution >= 0.6 is 0 Å². The van der Waals surface area contributed by atoms with E-state index in [1.54, 1.807) is 6.08 Å². The molecule has 5 rings (SSSR count). The number of esters is 1. The maximum absolute atomic E-state index is 13.0. The van der Waals surface area contributed by atoms with Gasteiger partial charge in [-0.1, -0.05) is 26.3 Å². The van der Waals surface area contributed by atoms with Gasteiger partial charge >= 0.3 is 16.4 Å². The molecule has 214 valence electrons. The summed E-state index contributed by atoms with van der Waals surface area (Å²) in [5.41, 5.74) is 1.61. The summed E-state index contributed by atoms with van der Waals surface area (Å²) in [6, 6.07) is 0. The van der Waals surface area contributed by atoms with Crippen molar-refractivity contribution < 1.29 is 31.5 Å². The van der Waals surface area contributed by atoms with Gasteiger partial charge in [-0.3, -0.25) is 14.1 Å². The van der Waals surface area contributed by atoms with Gasteiger partial charge in [-0.15, -0.1) is 0 Å². The Hall–Kier alpha value is -1.25. The molecule has 2 spiro atoms. The minimum atomic E-state index is -4.66. The van der Waals surface area contributed by atoms with E-state index < -0.39 is 28.4 Å². The maximum atomic E-state index is 13.0. The van der Waals surface area contributed by atoms with Gasteiger partial charge in [-0.2, -0.15) is 8.42 Å². The van der Waals surface area contributed by atoms with E-state index in [9.17, 15) is 22.6 Å². The Morgan fingerprint density at radius 1 is 1.00 bits per heavy atom. The van der Waals surface area contributed by atoms with Crippen molar-refractivity contribution in [1.82, 2.24) is 0 Å². The van der Waals surface area contributed by atoms with E-state index in [2.05, 4.69) is 20.8 Å². The van der Waals surface area contributed by atoms with E-state index >= 15 is 0 Å². The second-order valence-corrected chi connectivity index (χ2v) is 15.3. The first-order valence-electron chi connectivity index (χ1n) is 14.6. The summed E-state index contributed by atoms with van der Waals surface area (Å²) in [4.78, 5) is 25.6. The number of ketones is 1. The van der Waals surface area contributed by atoms with Crippen LogP contribution in [0.25, 0.3) is 0 Å². The van der Waals surface area contributed by atoms with Crippen LogP contribution in [0, 0.1) is 51.2 Å². The quantitative estimate of drug-likeness (QED) is 0.238. The van der Waals surface area contributed by atoms with E-state index in [1.165, 1.54) is 13.5 Å². The topological polar surface area (TPSA) is 107 Å². The summed E-state index contributed by atoms with van der Waals surface area (Å²) >= 11 is 0. The van der Waals surface area contributed by atoms with Gasteiger partial charge in [0.2, 0.25) is 0 Å². The molecule has 0 saturated heterocycles. The minimum Gasteiger partial charge on any atom is -0.469 e. The molecule has 5 fully saturated rings. The third-order valence-electron chi connectivity index (χ3n) is 12.7.